The van der Waals surface area contributed by atoms with Crippen LogP contribution in [0, 0.1) is 0 Å². The van der Waals surface area contributed by atoms with E-state index in [1.54, 1.807) is 18.6 Å². The van der Waals surface area contributed by atoms with E-state index in [1.807, 2.05) is 4.57 Å². The van der Waals surface area contributed by atoms with E-state index < -0.39 is 0 Å². The molecule has 2 aromatic heterocycles. The van der Waals surface area contributed by atoms with Gasteiger partial charge in [0.05, 0.1) is 24.6 Å². The van der Waals surface area contributed by atoms with E-state index in [0.717, 1.165) is 11.2 Å². The first-order valence-corrected chi connectivity index (χ1v) is 5.43. The fourth-order valence-corrected chi connectivity index (χ4v) is 1.59. The Labute approximate surface area is 98.2 Å². The molecule has 0 saturated heterocycles. The number of nitrogens with zero attached hydrogens (tertiary/aromatic N) is 3. The second kappa shape index (κ2) is 5.25. The number of halogens is 1. The van der Waals surface area contributed by atoms with Gasteiger partial charge < -0.3 is 15.0 Å². The van der Waals surface area contributed by atoms with Crippen molar-refractivity contribution in [1.29, 1.82) is 0 Å². The van der Waals surface area contributed by atoms with Crippen LogP contribution in [0.4, 0.5) is 0 Å². The lowest BCUT2D eigenvalue weighted by atomic mass is 10.4. The molecule has 2 aromatic rings. The summed E-state index contributed by atoms with van der Waals surface area (Å²) in [6.07, 6.45) is 3.35. The quantitative estimate of drug-likeness (QED) is 0.794. The van der Waals surface area contributed by atoms with Gasteiger partial charge in [-0.25, -0.2) is 9.97 Å². The summed E-state index contributed by atoms with van der Waals surface area (Å²) >= 11 is 5.82. The minimum atomic E-state index is 0.540. The highest BCUT2D eigenvalue weighted by Gasteiger charge is 2.03. The largest absolute Gasteiger partial charge is 0.378 e. The van der Waals surface area contributed by atoms with Crippen LogP contribution in [-0.4, -0.2) is 34.3 Å². The van der Waals surface area contributed by atoms with Gasteiger partial charge in [0.1, 0.15) is 5.52 Å². The van der Waals surface area contributed by atoms with Crippen molar-refractivity contribution in [3.63, 3.8) is 0 Å². The zero-order chi connectivity index (χ0) is 11.4. The molecule has 16 heavy (non-hydrogen) atoms. The van der Waals surface area contributed by atoms with Crippen molar-refractivity contribution in [2.45, 2.75) is 6.54 Å². The number of nitrogens with two attached hydrogens (primary N) is 1. The van der Waals surface area contributed by atoms with E-state index in [4.69, 9.17) is 22.1 Å². The lowest BCUT2D eigenvalue weighted by Gasteiger charge is -2.04. The Balaban J connectivity index is 2.07. The maximum atomic E-state index is 5.82. The van der Waals surface area contributed by atoms with E-state index in [2.05, 4.69) is 9.97 Å². The number of fused-ring (bicyclic) bond motifs is 1. The second-order valence-electron chi connectivity index (χ2n) is 3.34. The Kier molecular flexibility index (Phi) is 3.71. The van der Waals surface area contributed by atoms with E-state index in [-0.39, 0.29) is 0 Å². The summed E-state index contributed by atoms with van der Waals surface area (Å²) in [5.41, 5.74) is 6.94. The van der Waals surface area contributed by atoms with Crippen LogP contribution in [0.2, 0.25) is 5.02 Å². The van der Waals surface area contributed by atoms with Crippen molar-refractivity contribution in [1.82, 2.24) is 14.5 Å². The van der Waals surface area contributed by atoms with E-state index in [1.165, 1.54) is 0 Å². The molecule has 2 rings (SSSR count). The van der Waals surface area contributed by atoms with Gasteiger partial charge in [-0.3, -0.25) is 0 Å². The van der Waals surface area contributed by atoms with Crippen LogP contribution in [-0.2, 0) is 11.3 Å². The fourth-order valence-electron chi connectivity index (χ4n) is 1.44. The monoisotopic (exact) mass is 240 g/mol. The van der Waals surface area contributed by atoms with Crippen LogP contribution in [0.3, 0.4) is 0 Å². The third-order valence-corrected chi connectivity index (χ3v) is 2.37. The highest BCUT2D eigenvalue weighted by Crippen LogP contribution is 2.14. The average Bonchev–Trinajstić information content (AvgIpc) is 2.67. The molecule has 0 amide bonds. The number of aromatic nitrogens is 3. The molecule has 6 heteroatoms. The molecule has 0 bridgehead atoms. The van der Waals surface area contributed by atoms with Gasteiger partial charge in [-0.1, -0.05) is 11.6 Å². The second-order valence-corrected chi connectivity index (χ2v) is 3.77. The summed E-state index contributed by atoms with van der Waals surface area (Å²) in [7, 11) is 0. The Morgan fingerprint density at radius 1 is 1.38 bits per heavy atom. The molecule has 0 atom stereocenters. The summed E-state index contributed by atoms with van der Waals surface area (Å²) in [6, 6.07) is 1.79. The topological polar surface area (TPSA) is 66.0 Å². The average molecular weight is 241 g/mol. The third kappa shape index (κ3) is 2.49. The predicted molar refractivity (Wildman–Crippen MR) is 62.4 cm³/mol. The normalized spacial score (nSPS) is 11.1. The maximum Gasteiger partial charge on any atom is 0.159 e. The van der Waals surface area contributed by atoms with Crippen molar-refractivity contribution >= 4 is 22.8 Å². The number of pyridine rings is 1. The summed E-state index contributed by atoms with van der Waals surface area (Å²) in [6.45, 7) is 2.43. The van der Waals surface area contributed by atoms with Crippen LogP contribution in [0.25, 0.3) is 11.2 Å². The van der Waals surface area contributed by atoms with Gasteiger partial charge in [0.2, 0.25) is 0 Å². The molecule has 0 radical (unpaired) electrons. The molecular formula is C10H13ClN4O. The van der Waals surface area contributed by atoms with Crippen molar-refractivity contribution in [2.24, 2.45) is 5.73 Å². The Morgan fingerprint density at radius 2 is 2.25 bits per heavy atom. The standard InChI is InChI=1S/C10H13ClN4O/c11-8-5-9-10(13-6-8)15(7-14-9)2-4-16-3-1-12/h5-7H,1-4,12H2. The SMILES string of the molecule is NCCOCCn1cnc2cc(Cl)cnc21. The Bertz CT molecular complexity index is 471. The summed E-state index contributed by atoms with van der Waals surface area (Å²) in [5.74, 6) is 0. The molecule has 0 fully saturated rings. The van der Waals surface area contributed by atoms with Crippen LogP contribution < -0.4 is 5.73 Å². The predicted octanol–water partition coefficient (Wildman–Crippen LogP) is 1.06. The van der Waals surface area contributed by atoms with Gasteiger partial charge >= 0.3 is 0 Å². The van der Waals surface area contributed by atoms with Gasteiger partial charge in [0.25, 0.3) is 0 Å². The molecule has 0 aliphatic heterocycles. The molecule has 0 aliphatic rings. The van der Waals surface area contributed by atoms with Gasteiger partial charge in [0.15, 0.2) is 5.65 Å². The summed E-state index contributed by atoms with van der Waals surface area (Å²) in [4.78, 5) is 8.44. The van der Waals surface area contributed by atoms with Gasteiger partial charge in [-0.2, -0.15) is 0 Å². The third-order valence-electron chi connectivity index (χ3n) is 2.16. The number of hydrogen-bond donors (Lipinski definition) is 1. The maximum absolute atomic E-state index is 5.82. The highest BCUT2D eigenvalue weighted by molar-refractivity contribution is 6.30. The molecule has 0 aliphatic carbocycles. The number of imidazole rings is 1. The highest BCUT2D eigenvalue weighted by atomic mass is 35.5. The Hall–Kier alpha value is -1.17. The van der Waals surface area contributed by atoms with Crippen LogP contribution >= 0.6 is 11.6 Å². The van der Waals surface area contributed by atoms with Crippen molar-refractivity contribution in [2.75, 3.05) is 19.8 Å². The van der Waals surface area contributed by atoms with Crippen molar-refractivity contribution in [3.05, 3.63) is 23.6 Å². The smallest absolute Gasteiger partial charge is 0.159 e. The van der Waals surface area contributed by atoms with Gasteiger partial charge in [-0.15, -0.1) is 0 Å². The van der Waals surface area contributed by atoms with Crippen molar-refractivity contribution < 1.29 is 4.74 Å². The molecule has 2 heterocycles. The summed E-state index contributed by atoms with van der Waals surface area (Å²) in [5, 5.41) is 0.595. The minimum Gasteiger partial charge on any atom is -0.378 e. The molecule has 2 N–H and O–H groups in total. The molecule has 0 spiro atoms. The zero-order valence-electron chi connectivity index (χ0n) is 8.77. The van der Waals surface area contributed by atoms with Gasteiger partial charge in [-0.05, 0) is 6.07 Å². The number of rotatable bonds is 5. The number of hydrogen-bond acceptors (Lipinski definition) is 4. The molecule has 0 aromatic carbocycles. The summed E-state index contributed by atoms with van der Waals surface area (Å²) < 4.78 is 7.23. The molecule has 5 nitrogen and oxygen atoms in total. The number of ether oxygens (including phenoxy) is 1. The van der Waals surface area contributed by atoms with E-state index in [0.29, 0.717) is 31.3 Å². The Morgan fingerprint density at radius 3 is 3.06 bits per heavy atom. The molecule has 86 valence electrons. The minimum absolute atomic E-state index is 0.540. The van der Waals surface area contributed by atoms with E-state index >= 15 is 0 Å². The van der Waals surface area contributed by atoms with Crippen LogP contribution in [0.1, 0.15) is 0 Å². The first kappa shape index (κ1) is 11.3. The first-order valence-electron chi connectivity index (χ1n) is 5.05. The lowest BCUT2D eigenvalue weighted by molar-refractivity contribution is 0.134. The van der Waals surface area contributed by atoms with Gasteiger partial charge in [0, 0.05) is 19.3 Å². The van der Waals surface area contributed by atoms with Crippen LogP contribution in [0.15, 0.2) is 18.6 Å². The molecular weight excluding hydrogens is 228 g/mol. The molecule has 0 saturated carbocycles. The van der Waals surface area contributed by atoms with E-state index in [9.17, 15) is 0 Å². The van der Waals surface area contributed by atoms with Crippen LogP contribution in [0.5, 0.6) is 0 Å². The zero-order valence-corrected chi connectivity index (χ0v) is 9.52. The fraction of sp³-hybridized carbons (Fsp3) is 0.400. The first-order chi connectivity index (χ1) is 7.81. The lowest BCUT2D eigenvalue weighted by Crippen LogP contribution is -2.12. The molecule has 0 unspecified atom stereocenters. The van der Waals surface area contributed by atoms with Crippen molar-refractivity contribution in [3.8, 4) is 0 Å².